The van der Waals surface area contributed by atoms with E-state index in [1.165, 1.54) is 31.2 Å². The van der Waals surface area contributed by atoms with Gasteiger partial charge in [0, 0.05) is 25.1 Å². The van der Waals surface area contributed by atoms with Gasteiger partial charge in [0.1, 0.15) is 0 Å². The molecule has 0 bridgehead atoms. The molecule has 1 aliphatic heterocycles. The minimum atomic E-state index is 0.339. The van der Waals surface area contributed by atoms with Crippen molar-refractivity contribution in [3.05, 3.63) is 22.4 Å². The minimum absolute atomic E-state index is 0.339. The highest BCUT2D eigenvalue weighted by Crippen LogP contribution is 2.34. The molecule has 2 fully saturated rings. The molecule has 1 aromatic heterocycles. The molecule has 1 aromatic rings. The first-order valence-corrected chi connectivity index (χ1v) is 7.25. The molecule has 2 atom stereocenters. The standard InChI is InChI=1S/C13H19NOS/c1-2-10(8-14-12-3-4-12)13(15-6-1)11-5-7-16-9-11/h5,7,9-10,12-14H,1-4,6,8H2. The molecule has 0 amide bonds. The van der Waals surface area contributed by atoms with E-state index < -0.39 is 0 Å². The lowest BCUT2D eigenvalue weighted by molar-refractivity contribution is -0.0276. The van der Waals surface area contributed by atoms with E-state index in [9.17, 15) is 0 Å². The minimum Gasteiger partial charge on any atom is -0.373 e. The number of hydrogen-bond acceptors (Lipinski definition) is 3. The molecule has 2 unspecified atom stereocenters. The summed E-state index contributed by atoms with van der Waals surface area (Å²) in [5.41, 5.74) is 1.38. The maximum Gasteiger partial charge on any atom is 0.0873 e. The highest BCUT2D eigenvalue weighted by atomic mass is 32.1. The number of ether oxygens (including phenoxy) is 1. The van der Waals surface area contributed by atoms with E-state index in [0.29, 0.717) is 12.0 Å². The van der Waals surface area contributed by atoms with E-state index >= 15 is 0 Å². The summed E-state index contributed by atoms with van der Waals surface area (Å²) in [6.45, 7) is 2.06. The zero-order valence-corrected chi connectivity index (χ0v) is 10.3. The summed E-state index contributed by atoms with van der Waals surface area (Å²) < 4.78 is 5.95. The molecular formula is C13H19NOS. The van der Waals surface area contributed by atoms with Crippen LogP contribution in [0.4, 0.5) is 0 Å². The first kappa shape index (κ1) is 10.8. The van der Waals surface area contributed by atoms with Crippen LogP contribution in [0.1, 0.15) is 37.4 Å². The maximum atomic E-state index is 5.95. The third kappa shape index (κ3) is 2.47. The van der Waals surface area contributed by atoms with Gasteiger partial charge in [-0.2, -0.15) is 11.3 Å². The molecule has 2 nitrogen and oxygen atoms in total. The summed E-state index contributed by atoms with van der Waals surface area (Å²) in [5, 5.41) is 8.03. The van der Waals surface area contributed by atoms with Gasteiger partial charge in [-0.1, -0.05) is 0 Å². The fourth-order valence-electron chi connectivity index (χ4n) is 2.46. The molecule has 3 rings (SSSR count). The van der Waals surface area contributed by atoms with Crippen molar-refractivity contribution in [1.82, 2.24) is 5.32 Å². The van der Waals surface area contributed by atoms with Gasteiger partial charge in [0.05, 0.1) is 6.10 Å². The molecule has 1 aliphatic carbocycles. The van der Waals surface area contributed by atoms with Crippen LogP contribution in [0.3, 0.4) is 0 Å². The van der Waals surface area contributed by atoms with Crippen LogP contribution in [-0.2, 0) is 4.74 Å². The first-order chi connectivity index (χ1) is 7.93. The van der Waals surface area contributed by atoms with Gasteiger partial charge in [-0.15, -0.1) is 0 Å². The largest absolute Gasteiger partial charge is 0.373 e. The number of rotatable bonds is 4. The number of thiophene rings is 1. The van der Waals surface area contributed by atoms with E-state index in [1.54, 1.807) is 11.3 Å². The van der Waals surface area contributed by atoms with Gasteiger partial charge >= 0.3 is 0 Å². The summed E-state index contributed by atoms with van der Waals surface area (Å²) in [4.78, 5) is 0. The molecule has 0 spiro atoms. The van der Waals surface area contributed by atoms with Crippen molar-refractivity contribution in [1.29, 1.82) is 0 Å². The molecule has 16 heavy (non-hydrogen) atoms. The molecule has 2 aliphatic rings. The Bertz CT molecular complexity index is 321. The predicted octanol–water partition coefficient (Wildman–Crippen LogP) is 2.97. The van der Waals surface area contributed by atoms with Crippen molar-refractivity contribution >= 4 is 11.3 Å². The van der Waals surface area contributed by atoms with Gasteiger partial charge in [0.15, 0.2) is 0 Å². The average Bonchev–Trinajstić information content (AvgIpc) is 3.00. The van der Waals surface area contributed by atoms with Crippen LogP contribution >= 0.6 is 11.3 Å². The Hall–Kier alpha value is -0.380. The Labute approximate surface area is 101 Å². The lowest BCUT2D eigenvalue weighted by Gasteiger charge is -2.31. The zero-order valence-electron chi connectivity index (χ0n) is 9.52. The molecule has 88 valence electrons. The van der Waals surface area contributed by atoms with Gasteiger partial charge in [0.2, 0.25) is 0 Å². The Morgan fingerprint density at radius 3 is 3.06 bits per heavy atom. The maximum absolute atomic E-state index is 5.95. The Morgan fingerprint density at radius 1 is 1.38 bits per heavy atom. The summed E-state index contributed by atoms with van der Waals surface area (Å²) in [5.74, 6) is 0.670. The highest BCUT2D eigenvalue weighted by molar-refractivity contribution is 7.07. The Kier molecular flexibility index (Phi) is 3.27. The van der Waals surface area contributed by atoms with E-state index in [1.807, 2.05) is 0 Å². The quantitative estimate of drug-likeness (QED) is 0.869. The summed E-state index contributed by atoms with van der Waals surface area (Å²) in [6.07, 6.45) is 5.61. The van der Waals surface area contributed by atoms with Gasteiger partial charge in [-0.25, -0.2) is 0 Å². The lowest BCUT2D eigenvalue weighted by atomic mass is 9.90. The van der Waals surface area contributed by atoms with E-state index in [0.717, 1.165) is 19.2 Å². The smallest absolute Gasteiger partial charge is 0.0873 e. The van der Waals surface area contributed by atoms with Crippen LogP contribution in [0.15, 0.2) is 16.8 Å². The number of hydrogen-bond donors (Lipinski definition) is 1. The average molecular weight is 237 g/mol. The zero-order chi connectivity index (χ0) is 10.8. The van der Waals surface area contributed by atoms with Crippen LogP contribution in [0.5, 0.6) is 0 Å². The second-order valence-electron chi connectivity index (χ2n) is 4.93. The van der Waals surface area contributed by atoms with Crippen molar-refractivity contribution in [2.24, 2.45) is 5.92 Å². The monoisotopic (exact) mass is 237 g/mol. The van der Waals surface area contributed by atoms with E-state index in [-0.39, 0.29) is 0 Å². The molecule has 1 saturated carbocycles. The molecule has 2 heterocycles. The Morgan fingerprint density at radius 2 is 2.31 bits per heavy atom. The molecular weight excluding hydrogens is 218 g/mol. The number of nitrogens with one attached hydrogen (secondary N) is 1. The van der Waals surface area contributed by atoms with Crippen molar-refractivity contribution in [3.63, 3.8) is 0 Å². The lowest BCUT2D eigenvalue weighted by Crippen LogP contribution is -2.32. The van der Waals surface area contributed by atoms with Gasteiger partial charge in [-0.05, 0) is 48.1 Å². The fraction of sp³-hybridized carbons (Fsp3) is 0.692. The van der Waals surface area contributed by atoms with Crippen LogP contribution < -0.4 is 5.32 Å². The van der Waals surface area contributed by atoms with Crippen molar-refractivity contribution in [2.75, 3.05) is 13.2 Å². The first-order valence-electron chi connectivity index (χ1n) is 6.30. The molecule has 0 aromatic carbocycles. The second kappa shape index (κ2) is 4.86. The SMILES string of the molecule is c1cc(C2OCCCC2CNC2CC2)cs1. The van der Waals surface area contributed by atoms with Crippen molar-refractivity contribution in [2.45, 2.75) is 37.8 Å². The third-order valence-electron chi connectivity index (χ3n) is 3.56. The van der Waals surface area contributed by atoms with Crippen LogP contribution in [-0.4, -0.2) is 19.2 Å². The van der Waals surface area contributed by atoms with Gasteiger partial charge < -0.3 is 10.1 Å². The summed E-state index contributed by atoms with van der Waals surface area (Å²) >= 11 is 1.77. The van der Waals surface area contributed by atoms with Crippen LogP contribution in [0.2, 0.25) is 0 Å². The summed E-state index contributed by atoms with van der Waals surface area (Å²) in [7, 11) is 0. The van der Waals surface area contributed by atoms with Crippen molar-refractivity contribution in [3.8, 4) is 0 Å². The third-order valence-corrected chi connectivity index (χ3v) is 4.26. The van der Waals surface area contributed by atoms with Crippen LogP contribution in [0, 0.1) is 5.92 Å². The summed E-state index contributed by atoms with van der Waals surface area (Å²) in [6, 6.07) is 3.02. The molecule has 0 radical (unpaired) electrons. The van der Waals surface area contributed by atoms with Gasteiger partial charge in [0.25, 0.3) is 0 Å². The molecule has 1 saturated heterocycles. The molecule has 1 N–H and O–H groups in total. The van der Waals surface area contributed by atoms with Crippen molar-refractivity contribution < 1.29 is 4.74 Å². The van der Waals surface area contributed by atoms with E-state index in [4.69, 9.17) is 4.74 Å². The fourth-order valence-corrected chi connectivity index (χ4v) is 3.15. The van der Waals surface area contributed by atoms with E-state index in [2.05, 4.69) is 22.1 Å². The predicted molar refractivity (Wildman–Crippen MR) is 66.8 cm³/mol. The topological polar surface area (TPSA) is 21.3 Å². The van der Waals surface area contributed by atoms with Gasteiger partial charge in [-0.3, -0.25) is 0 Å². The second-order valence-corrected chi connectivity index (χ2v) is 5.71. The van der Waals surface area contributed by atoms with Crippen LogP contribution in [0.25, 0.3) is 0 Å². The Balaban J connectivity index is 1.63. The molecule has 3 heteroatoms. The highest BCUT2D eigenvalue weighted by Gasteiger charge is 2.29. The normalized spacial score (nSPS) is 30.5.